The van der Waals surface area contributed by atoms with Crippen molar-refractivity contribution in [2.75, 3.05) is 21.1 Å². The molecule has 0 amide bonds. The van der Waals surface area contributed by atoms with Gasteiger partial charge in [0, 0.05) is 55.4 Å². The van der Waals surface area contributed by atoms with Crippen LogP contribution in [0.1, 0.15) is 94.2 Å². The molecule has 3 aromatic carbocycles. The van der Waals surface area contributed by atoms with E-state index < -0.39 is 0 Å². The van der Waals surface area contributed by atoms with Crippen molar-refractivity contribution in [3.8, 4) is 16.9 Å². The minimum atomic E-state index is 0.0511. The normalized spacial score (nSPS) is 12.2. The van der Waals surface area contributed by atoms with Gasteiger partial charge in [0.05, 0.1) is 5.56 Å². The highest BCUT2D eigenvalue weighted by Crippen LogP contribution is 2.32. The molecule has 0 atom stereocenters. The molecule has 0 spiro atoms. The van der Waals surface area contributed by atoms with Crippen LogP contribution in [0.4, 0.5) is 4.53 Å². The average Bonchev–Trinajstić information content (AvgIpc) is 3.11. The maximum absolute atomic E-state index is 13.5. The first kappa shape index (κ1) is 41.2. The molecule has 0 saturated carbocycles. The molecule has 0 aliphatic rings. The molecule has 0 radical (unpaired) electrons. The summed E-state index contributed by atoms with van der Waals surface area (Å²) in [6.07, 6.45) is 10.2. The average molecular weight is 653 g/mol. The van der Waals surface area contributed by atoms with Gasteiger partial charge in [-0.2, -0.15) is 0 Å². The third-order valence-corrected chi connectivity index (χ3v) is 6.66. The van der Waals surface area contributed by atoms with Crippen LogP contribution in [0, 0.1) is 6.92 Å². The summed E-state index contributed by atoms with van der Waals surface area (Å²) in [5.74, 6) is 1.75. The van der Waals surface area contributed by atoms with Crippen LogP contribution in [0.5, 0.6) is 5.75 Å². The Bertz CT molecular complexity index is 1630. The van der Waals surface area contributed by atoms with Gasteiger partial charge in [0.2, 0.25) is 0 Å². The van der Waals surface area contributed by atoms with Crippen molar-refractivity contribution >= 4 is 36.2 Å². The van der Waals surface area contributed by atoms with Gasteiger partial charge in [0.1, 0.15) is 0 Å². The highest BCUT2D eigenvalue weighted by molar-refractivity contribution is 6.09. The fourth-order valence-electron chi connectivity index (χ4n) is 4.63. The van der Waals surface area contributed by atoms with Crippen molar-refractivity contribution in [3.05, 3.63) is 101 Å². The number of amidine groups is 3. The number of hydrogen-bond acceptors (Lipinski definition) is 4. The maximum atomic E-state index is 13.5. The number of allylic oxidation sites excluding steroid dienone is 1. The lowest BCUT2D eigenvalue weighted by molar-refractivity contribution is -0.00640. The van der Waals surface area contributed by atoms with Crippen LogP contribution in [0.25, 0.3) is 11.1 Å². The number of nitrogens with zero attached hydrogens (tertiary/aromatic N) is 6. The highest BCUT2D eigenvalue weighted by atomic mass is 19.3. The molecule has 0 aromatic heterocycles. The molecular weight excluding hydrogens is 599 g/mol. The SMILES string of the molecule is C=CC.CC.CCC=NC(=NC)c1cc(C)ccc1Cc1ccc(-c2ccc(OF)c(C(N=CCC)=NC)c2)c(C(N=CCC)=NC)c1. The number of aryl methyl sites for hydroxylation is 1. The molecule has 3 aromatic rings. The lowest BCUT2D eigenvalue weighted by atomic mass is 9.91. The van der Waals surface area contributed by atoms with E-state index in [0.717, 1.165) is 58.2 Å². The van der Waals surface area contributed by atoms with Gasteiger partial charge in [-0.05, 0) is 86.1 Å². The predicted octanol–water partition coefficient (Wildman–Crippen LogP) is 10.3. The van der Waals surface area contributed by atoms with Crippen molar-refractivity contribution < 1.29 is 9.47 Å². The van der Waals surface area contributed by atoms with Crippen molar-refractivity contribution in [1.82, 2.24) is 0 Å². The zero-order valence-corrected chi connectivity index (χ0v) is 30.5. The first-order valence-corrected chi connectivity index (χ1v) is 16.6. The molecule has 8 heteroatoms. The van der Waals surface area contributed by atoms with Crippen LogP contribution < -0.4 is 4.94 Å². The number of benzene rings is 3. The van der Waals surface area contributed by atoms with E-state index in [1.54, 1.807) is 39.5 Å². The molecule has 0 unspecified atom stereocenters. The zero-order chi connectivity index (χ0) is 35.9. The maximum Gasteiger partial charge on any atom is 0.182 e. The third-order valence-electron chi connectivity index (χ3n) is 6.66. The van der Waals surface area contributed by atoms with Crippen molar-refractivity contribution in [3.63, 3.8) is 0 Å². The summed E-state index contributed by atoms with van der Waals surface area (Å²) >= 11 is 0. The lowest BCUT2D eigenvalue weighted by Gasteiger charge is -2.15. The van der Waals surface area contributed by atoms with E-state index in [0.29, 0.717) is 29.5 Å². The van der Waals surface area contributed by atoms with Crippen LogP contribution in [0.3, 0.4) is 0 Å². The van der Waals surface area contributed by atoms with Crippen molar-refractivity contribution in [2.24, 2.45) is 30.0 Å². The van der Waals surface area contributed by atoms with E-state index in [1.165, 1.54) is 0 Å². The molecule has 0 bridgehead atoms. The molecule has 48 heavy (non-hydrogen) atoms. The monoisotopic (exact) mass is 652 g/mol. The quantitative estimate of drug-likeness (QED) is 0.122. The summed E-state index contributed by atoms with van der Waals surface area (Å²) in [5, 5.41) is 0. The fourth-order valence-corrected chi connectivity index (χ4v) is 4.63. The Balaban J connectivity index is 0.00000218. The highest BCUT2D eigenvalue weighted by Gasteiger charge is 2.18. The Kier molecular flexibility index (Phi) is 20.1. The van der Waals surface area contributed by atoms with Gasteiger partial charge in [0.15, 0.2) is 23.3 Å². The molecule has 0 aliphatic carbocycles. The van der Waals surface area contributed by atoms with E-state index in [-0.39, 0.29) is 5.75 Å². The minimum absolute atomic E-state index is 0.0511. The molecular formula is C40H53FN6O. The van der Waals surface area contributed by atoms with Gasteiger partial charge in [0.25, 0.3) is 0 Å². The third kappa shape index (κ3) is 12.1. The summed E-state index contributed by atoms with van der Waals surface area (Å²) in [4.78, 5) is 31.2. The van der Waals surface area contributed by atoms with E-state index in [2.05, 4.69) is 91.7 Å². The molecule has 256 valence electrons. The second-order valence-electron chi connectivity index (χ2n) is 10.2. The van der Waals surface area contributed by atoms with E-state index in [9.17, 15) is 4.53 Å². The Morgan fingerprint density at radius 1 is 0.708 bits per heavy atom. The van der Waals surface area contributed by atoms with Gasteiger partial charge in [-0.15, -0.1) is 6.58 Å². The molecule has 0 saturated heterocycles. The van der Waals surface area contributed by atoms with Crippen molar-refractivity contribution in [2.45, 2.75) is 74.1 Å². The Hall–Kier alpha value is -4.85. The Morgan fingerprint density at radius 2 is 1.23 bits per heavy atom. The Morgan fingerprint density at radius 3 is 1.73 bits per heavy atom. The van der Waals surface area contributed by atoms with Crippen LogP contribution in [0.2, 0.25) is 0 Å². The van der Waals surface area contributed by atoms with Crippen LogP contribution in [0.15, 0.2) is 97.2 Å². The van der Waals surface area contributed by atoms with Gasteiger partial charge < -0.3 is 0 Å². The van der Waals surface area contributed by atoms with Crippen LogP contribution in [-0.2, 0) is 6.42 Å². The summed E-state index contributed by atoms with van der Waals surface area (Å²) in [6, 6.07) is 17.9. The molecule has 0 aliphatic heterocycles. The molecule has 0 fully saturated rings. The van der Waals surface area contributed by atoms with Gasteiger partial charge >= 0.3 is 0 Å². The first-order chi connectivity index (χ1) is 23.3. The van der Waals surface area contributed by atoms with Crippen LogP contribution >= 0.6 is 0 Å². The van der Waals surface area contributed by atoms with Gasteiger partial charge in [-0.3, -0.25) is 19.9 Å². The van der Waals surface area contributed by atoms with Gasteiger partial charge in [-0.1, -0.05) is 76.6 Å². The lowest BCUT2D eigenvalue weighted by Crippen LogP contribution is -2.07. The van der Waals surface area contributed by atoms with Crippen molar-refractivity contribution in [1.29, 1.82) is 0 Å². The number of aliphatic imine (C=N–C) groups is 6. The van der Waals surface area contributed by atoms with E-state index >= 15 is 0 Å². The standard InChI is InChI=1S/C35H41FN6O.C3H6.C2H6/c1-8-17-40-33(37-5)29-20-24(4)11-13-26(29)21-25-12-15-28(30(22-25)34(38-6)41-18-9-2)27-14-16-32(43-36)31(23-27)35(39-7)42-19-10-3;1-3-2;1-2/h11-20,22-23H,8-10,21H2,1-7H3;3H,1H2,2H3;1-2H3. The topological polar surface area (TPSA) is 83.4 Å². The van der Waals surface area contributed by atoms with E-state index in [1.807, 2.05) is 59.2 Å². The molecule has 3 rings (SSSR count). The fraction of sp³-hybridized carbons (Fsp3) is 0.350. The van der Waals surface area contributed by atoms with Crippen LogP contribution in [-0.4, -0.2) is 57.3 Å². The molecule has 0 N–H and O–H groups in total. The van der Waals surface area contributed by atoms with Gasteiger partial charge in [-0.25, -0.2) is 15.0 Å². The summed E-state index contributed by atoms with van der Waals surface area (Å²) in [6.45, 7) is 17.4. The van der Waals surface area contributed by atoms with E-state index in [4.69, 9.17) is 0 Å². The summed E-state index contributed by atoms with van der Waals surface area (Å²) in [5.41, 5.74) is 7.41. The second kappa shape index (κ2) is 23.5. The zero-order valence-electron chi connectivity index (χ0n) is 30.5. The number of halogens is 1. The molecule has 7 nitrogen and oxygen atoms in total. The largest absolute Gasteiger partial charge is 0.294 e. The second-order valence-corrected chi connectivity index (χ2v) is 10.2. The number of hydrogen-bond donors (Lipinski definition) is 0. The smallest absolute Gasteiger partial charge is 0.182 e. The minimum Gasteiger partial charge on any atom is -0.294 e. The first-order valence-electron chi connectivity index (χ1n) is 16.6. The Labute approximate surface area is 287 Å². The predicted molar refractivity (Wildman–Crippen MR) is 209 cm³/mol. The molecule has 0 heterocycles. The summed E-state index contributed by atoms with van der Waals surface area (Å²) in [7, 11) is 5.13. The summed E-state index contributed by atoms with van der Waals surface area (Å²) < 4.78 is 13.5. The number of rotatable bonds is 10.